The van der Waals surface area contributed by atoms with Crippen LogP contribution in [0, 0.1) is 13.8 Å². The Kier molecular flexibility index (Phi) is 10.8. The summed E-state index contributed by atoms with van der Waals surface area (Å²) in [5.41, 5.74) is 3.90. The van der Waals surface area contributed by atoms with Crippen LogP contribution in [-0.4, -0.2) is 43.8 Å². The van der Waals surface area contributed by atoms with Crippen molar-refractivity contribution < 1.29 is 18.0 Å². The molecule has 0 saturated heterocycles. The Morgan fingerprint density at radius 2 is 1.54 bits per heavy atom. The van der Waals surface area contributed by atoms with E-state index >= 15 is 0 Å². The average molecular weight is 658 g/mol. The Labute approximate surface area is 277 Å². The van der Waals surface area contributed by atoms with E-state index < -0.39 is 28.5 Å². The minimum absolute atomic E-state index is 0.0473. The number of aryl methyl sites for hydroxylation is 2. The summed E-state index contributed by atoms with van der Waals surface area (Å²) in [4.78, 5) is 30.4. The number of halogens is 1. The number of nitrogens with one attached hydrogen (secondary N) is 1. The van der Waals surface area contributed by atoms with E-state index in [0.29, 0.717) is 5.02 Å². The summed E-state index contributed by atoms with van der Waals surface area (Å²) in [6.45, 7) is 3.45. The molecular weight excluding hydrogens is 618 g/mol. The van der Waals surface area contributed by atoms with Crippen molar-refractivity contribution in [2.45, 2.75) is 69.5 Å². The van der Waals surface area contributed by atoms with Crippen LogP contribution in [0.2, 0.25) is 5.02 Å². The summed E-state index contributed by atoms with van der Waals surface area (Å²) in [6.07, 6.45) is 4.16. The lowest BCUT2D eigenvalue weighted by atomic mass is 10.0. The zero-order valence-electron chi connectivity index (χ0n) is 26.2. The zero-order valence-corrected chi connectivity index (χ0v) is 27.8. The molecule has 1 atom stereocenters. The van der Waals surface area contributed by atoms with Crippen molar-refractivity contribution in [2.24, 2.45) is 0 Å². The van der Waals surface area contributed by atoms with E-state index in [1.165, 1.54) is 18.2 Å². The van der Waals surface area contributed by atoms with Crippen LogP contribution in [-0.2, 0) is 32.6 Å². The molecule has 0 unspecified atom stereocenters. The van der Waals surface area contributed by atoms with Gasteiger partial charge in [0.2, 0.25) is 11.8 Å². The highest BCUT2D eigenvalue weighted by molar-refractivity contribution is 7.92. The summed E-state index contributed by atoms with van der Waals surface area (Å²) >= 11 is 6.32. The molecule has 4 aromatic carbocycles. The molecule has 0 heterocycles. The Balaban J connectivity index is 1.57. The van der Waals surface area contributed by atoms with Crippen LogP contribution in [0.1, 0.15) is 47.9 Å². The second-order valence-corrected chi connectivity index (χ2v) is 14.2. The number of benzene rings is 4. The van der Waals surface area contributed by atoms with Crippen LogP contribution in [0.3, 0.4) is 0 Å². The highest BCUT2D eigenvalue weighted by atomic mass is 35.5. The fourth-order valence-corrected chi connectivity index (χ4v) is 7.48. The molecule has 1 aliphatic carbocycles. The molecule has 1 N–H and O–H groups in total. The van der Waals surface area contributed by atoms with Gasteiger partial charge < -0.3 is 10.2 Å². The summed E-state index contributed by atoms with van der Waals surface area (Å²) in [7, 11) is -4.19. The molecule has 0 aliphatic heterocycles. The third-order valence-electron chi connectivity index (χ3n) is 8.56. The Morgan fingerprint density at radius 3 is 2.22 bits per heavy atom. The normalized spacial score (nSPS) is 14.1. The summed E-state index contributed by atoms with van der Waals surface area (Å²) < 4.78 is 29.5. The predicted molar refractivity (Wildman–Crippen MR) is 183 cm³/mol. The molecule has 0 bridgehead atoms. The lowest BCUT2D eigenvalue weighted by Gasteiger charge is -2.34. The summed E-state index contributed by atoms with van der Waals surface area (Å²) in [5, 5.41) is 3.54. The molecule has 2 amide bonds. The number of hydrogen-bond donors (Lipinski definition) is 1. The first-order chi connectivity index (χ1) is 22.1. The smallest absolute Gasteiger partial charge is 0.264 e. The van der Waals surface area contributed by atoms with Crippen molar-refractivity contribution in [1.29, 1.82) is 0 Å². The van der Waals surface area contributed by atoms with E-state index in [9.17, 15) is 18.0 Å². The Bertz CT molecular complexity index is 1760. The third kappa shape index (κ3) is 8.17. The molecular formula is C37H40ClN3O4S. The summed E-state index contributed by atoms with van der Waals surface area (Å²) in [6, 6.07) is 29.4. The average Bonchev–Trinajstić information content (AvgIpc) is 3.56. The Morgan fingerprint density at radius 1 is 0.870 bits per heavy atom. The second-order valence-electron chi connectivity index (χ2n) is 11.9. The highest BCUT2D eigenvalue weighted by Gasteiger charge is 2.35. The van der Waals surface area contributed by atoms with Gasteiger partial charge in [0.1, 0.15) is 12.6 Å². The van der Waals surface area contributed by atoms with Gasteiger partial charge in [-0.25, -0.2) is 8.42 Å². The number of carbonyl (C=O) groups excluding carboxylic acids is 2. The minimum atomic E-state index is -4.19. The van der Waals surface area contributed by atoms with Crippen LogP contribution in [0.15, 0.2) is 108 Å². The topological polar surface area (TPSA) is 86.8 Å². The second kappa shape index (κ2) is 15.0. The molecule has 46 heavy (non-hydrogen) atoms. The molecule has 0 spiro atoms. The number of hydrogen-bond acceptors (Lipinski definition) is 4. The molecule has 7 nitrogen and oxygen atoms in total. The van der Waals surface area contributed by atoms with Crippen LogP contribution in [0.5, 0.6) is 0 Å². The Hall–Kier alpha value is -4.14. The monoisotopic (exact) mass is 657 g/mol. The zero-order chi connectivity index (χ0) is 32.7. The quantitative estimate of drug-likeness (QED) is 0.181. The number of anilines is 1. The lowest BCUT2D eigenvalue weighted by molar-refractivity contribution is -0.140. The third-order valence-corrected chi connectivity index (χ3v) is 10.6. The first-order valence-corrected chi connectivity index (χ1v) is 17.5. The molecule has 0 radical (unpaired) electrons. The van der Waals surface area contributed by atoms with Gasteiger partial charge in [-0.2, -0.15) is 0 Å². The number of sulfonamides is 1. The van der Waals surface area contributed by atoms with Crippen molar-refractivity contribution in [3.8, 4) is 0 Å². The van der Waals surface area contributed by atoms with Gasteiger partial charge in [-0.05, 0) is 73.7 Å². The molecule has 5 rings (SSSR count). The van der Waals surface area contributed by atoms with Crippen molar-refractivity contribution in [2.75, 3.05) is 10.8 Å². The maximum Gasteiger partial charge on any atom is 0.264 e. The van der Waals surface area contributed by atoms with Crippen LogP contribution in [0.4, 0.5) is 5.69 Å². The van der Waals surface area contributed by atoms with Gasteiger partial charge in [0, 0.05) is 24.0 Å². The standard InChI is InChI=1S/C37H40ClN3O4S/c1-27-19-21-34(22-20-27)46(44,45)41(33-18-10-15-31(38)24-33)26-36(42)40(25-30-14-7-6-11-28(30)2)35(23-29-12-4-3-5-13-29)37(43)39-32-16-8-9-17-32/h3-7,10-15,18-22,24,32,35H,8-9,16-17,23,25-26H2,1-2H3,(H,39,43)/t35-/m1/s1. The van der Waals surface area contributed by atoms with Crippen molar-refractivity contribution in [1.82, 2.24) is 10.2 Å². The summed E-state index contributed by atoms with van der Waals surface area (Å²) in [5.74, 6) is -0.741. The first kappa shape index (κ1) is 33.2. The van der Waals surface area contributed by atoms with E-state index in [0.717, 1.165) is 52.2 Å². The lowest BCUT2D eigenvalue weighted by Crippen LogP contribution is -2.54. The van der Waals surface area contributed by atoms with Crippen molar-refractivity contribution in [3.05, 3.63) is 130 Å². The molecule has 0 aromatic heterocycles. The molecule has 1 fully saturated rings. The van der Waals surface area contributed by atoms with Crippen molar-refractivity contribution in [3.63, 3.8) is 0 Å². The largest absolute Gasteiger partial charge is 0.352 e. The maximum absolute atomic E-state index is 14.6. The van der Waals surface area contributed by atoms with Crippen molar-refractivity contribution >= 4 is 39.1 Å². The molecule has 1 saturated carbocycles. The number of rotatable bonds is 12. The van der Waals surface area contributed by atoms with Gasteiger partial charge in [0.25, 0.3) is 10.0 Å². The van der Waals surface area contributed by atoms with E-state index in [1.807, 2.05) is 68.4 Å². The maximum atomic E-state index is 14.6. The van der Waals surface area contributed by atoms with Gasteiger partial charge >= 0.3 is 0 Å². The van der Waals surface area contributed by atoms with Crippen LogP contribution >= 0.6 is 11.6 Å². The first-order valence-electron chi connectivity index (χ1n) is 15.6. The number of nitrogens with zero attached hydrogens (tertiary/aromatic N) is 2. The van der Waals surface area contributed by atoms with E-state index in [2.05, 4.69) is 5.32 Å². The molecule has 4 aromatic rings. The van der Waals surface area contributed by atoms with Gasteiger partial charge in [-0.15, -0.1) is 0 Å². The molecule has 240 valence electrons. The van der Waals surface area contributed by atoms with Crippen LogP contribution in [0.25, 0.3) is 0 Å². The fraction of sp³-hybridized carbons (Fsp3) is 0.297. The predicted octanol–water partition coefficient (Wildman–Crippen LogP) is 6.85. The SMILES string of the molecule is Cc1ccc(S(=O)(=O)N(CC(=O)N(Cc2ccccc2C)[C@H](Cc2ccccc2)C(=O)NC2CCCC2)c2cccc(Cl)c2)cc1. The number of carbonyl (C=O) groups is 2. The molecule has 9 heteroatoms. The van der Waals surface area contributed by atoms with E-state index in [4.69, 9.17) is 11.6 Å². The highest BCUT2D eigenvalue weighted by Crippen LogP contribution is 2.28. The van der Waals surface area contributed by atoms with Gasteiger partial charge in [0.15, 0.2) is 0 Å². The van der Waals surface area contributed by atoms with Gasteiger partial charge in [-0.1, -0.05) is 103 Å². The van der Waals surface area contributed by atoms with Gasteiger partial charge in [0.05, 0.1) is 10.6 Å². The molecule has 1 aliphatic rings. The number of amides is 2. The van der Waals surface area contributed by atoms with Crippen LogP contribution < -0.4 is 9.62 Å². The van der Waals surface area contributed by atoms with E-state index in [-0.39, 0.29) is 35.5 Å². The van der Waals surface area contributed by atoms with Gasteiger partial charge in [-0.3, -0.25) is 13.9 Å². The minimum Gasteiger partial charge on any atom is -0.352 e. The van der Waals surface area contributed by atoms with E-state index in [1.54, 1.807) is 35.2 Å². The fourth-order valence-electron chi connectivity index (χ4n) is 5.89.